The van der Waals surface area contributed by atoms with Gasteiger partial charge in [-0.3, -0.25) is 9.59 Å². The number of ether oxygens (including phenoxy) is 1. The first-order valence-corrected chi connectivity index (χ1v) is 12.0. The van der Waals surface area contributed by atoms with Gasteiger partial charge < -0.3 is 24.1 Å². The van der Waals surface area contributed by atoms with E-state index >= 15 is 0 Å². The zero-order valence-corrected chi connectivity index (χ0v) is 21.1. The van der Waals surface area contributed by atoms with E-state index in [9.17, 15) is 14.7 Å². The summed E-state index contributed by atoms with van der Waals surface area (Å²) in [5.74, 6) is -1.25. The van der Waals surface area contributed by atoms with Crippen molar-refractivity contribution in [1.82, 2.24) is 4.90 Å². The number of fused-ring (bicyclic) bond motifs is 1. The number of carbonyl (C=O) groups excluding carboxylic acids is 2. The zero-order valence-electron chi connectivity index (χ0n) is 20.3. The molecule has 2 aromatic carbocycles. The van der Waals surface area contributed by atoms with Gasteiger partial charge in [-0.15, -0.1) is 0 Å². The van der Waals surface area contributed by atoms with Crippen molar-refractivity contribution >= 4 is 39.9 Å². The maximum Gasteiger partial charge on any atom is 0.290 e. The topological polar surface area (TPSA) is 83.2 Å². The van der Waals surface area contributed by atoms with Gasteiger partial charge in [-0.2, -0.15) is 0 Å². The molecule has 0 saturated carbocycles. The van der Waals surface area contributed by atoms with E-state index in [2.05, 4.69) is 6.92 Å². The van der Waals surface area contributed by atoms with Gasteiger partial charge in [0, 0.05) is 42.8 Å². The summed E-state index contributed by atoms with van der Waals surface area (Å²) in [5, 5.41) is 11.9. The Bertz CT molecular complexity index is 1290. The molecule has 8 heteroatoms. The summed E-state index contributed by atoms with van der Waals surface area (Å²) in [6, 6.07) is 11.7. The summed E-state index contributed by atoms with van der Waals surface area (Å²) in [6.45, 7) is 2.51. The van der Waals surface area contributed by atoms with Crippen molar-refractivity contribution < 1.29 is 23.8 Å². The molecule has 35 heavy (non-hydrogen) atoms. The minimum atomic E-state index is -0.721. The predicted molar refractivity (Wildman–Crippen MR) is 137 cm³/mol. The molecule has 4 rings (SSSR count). The van der Waals surface area contributed by atoms with Crippen molar-refractivity contribution in [3.63, 3.8) is 0 Å². The van der Waals surface area contributed by atoms with E-state index in [1.165, 1.54) is 7.11 Å². The number of unbranched alkanes of at least 4 members (excludes halogenated alkanes) is 2. The number of Topliss-reactive ketones (excluding diaryl/α,β-unsaturated/α-hetero) is 1. The highest BCUT2D eigenvalue weighted by molar-refractivity contribution is 6.31. The number of aliphatic hydroxyl groups excluding tert-OH is 1. The third-order valence-corrected chi connectivity index (χ3v) is 6.48. The lowest BCUT2D eigenvalue weighted by atomic mass is 9.94. The van der Waals surface area contributed by atoms with Gasteiger partial charge in [0.15, 0.2) is 22.9 Å². The van der Waals surface area contributed by atoms with E-state index in [1.54, 1.807) is 23.1 Å². The molecule has 0 saturated heterocycles. The molecule has 1 aliphatic rings. The summed E-state index contributed by atoms with van der Waals surface area (Å²) in [5.41, 5.74) is 2.10. The van der Waals surface area contributed by atoms with E-state index in [4.69, 9.17) is 20.8 Å². The molecule has 0 fully saturated rings. The standard InChI is InChI=1S/C27H29ClN2O5/c1-5-6-7-12-30-23(16-8-10-19(11-9-16)29(2)3)22(25(32)27(30)33)24(31)20-14-17-13-18(28)15-21(34-4)26(17)35-20/h8-11,13-15,23,32H,5-7,12H2,1-4H3. The Morgan fingerprint density at radius 3 is 2.51 bits per heavy atom. The third kappa shape index (κ3) is 4.60. The van der Waals surface area contributed by atoms with E-state index in [0.29, 0.717) is 28.3 Å². The number of halogens is 1. The number of methoxy groups -OCH3 is 1. The third-order valence-electron chi connectivity index (χ3n) is 6.27. The monoisotopic (exact) mass is 496 g/mol. The molecule has 1 N–H and O–H groups in total. The molecule has 0 spiro atoms. The van der Waals surface area contributed by atoms with Gasteiger partial charge in [0.05, 0.1) is 18.7 Å². The molecule has 0 radical (unpaired) electrons. The van der Waals surface area contributed by atoms with Crippen molar-refractivity contribution in [2.75, 3.05) is 32.6 Å². The molecule has 2 heterocycles. The van der Waals surface area contributed by atoms with Crippen LogP contribution in [0.3, 0.4) is 0 Å². The quantitative estimate of drug-likeness (QED) is 0.292. The Hall–Kier alpha value is -3.45. The molecule has 1 atom stereocenters. The number of aliphatic hydroxyl groups is 1. The van der Waals surface area contributed by atoms with Crippen molar-refractivity contribution in [2.45, 2.75) is 32.2 Å². The van der Waals surface area contributed by atoms with Crippen LogP contribution >= 0.6 is 11.6 Å². The van der Waals surface area contributed by atoms with Crippen molar-refractivity contribution in [3.8, 4) is 5.75 Å². The number of amides is 1. The summed E-state index contributed by atoms with van der Waals surface area (Å²) >= 11 is 6.17. The second kappa shape index (κ2) is 10.0. The van der Waals surface area contributed by atoms with E-state index in [-0.39, 0.29) is 11.3 Å². The first-order chi connectivity index (χ1) is 16.8. The molecule has 184 valence electrons. The van der Waals surface area contributed by atoms with Crippen LogP contribution in [0.5, 0.6) is 5.75 Å². The van der Waals surface area contributed by atoms with Crippen LogP contribution in [0.4, 0.5) is 5.69 Å². The second-order valence-electron chi connectivity index (χ2n) is 8.82. The number of rotatable bonds is 9. The predicted octanol–water partition coefficient (Wildman–Crippen LogP) is 5.93. The summed E-state index contributed by atoms with van der Waals surface area (Å²) in [4.78, 5) is 30.4. The molecule has 1 unspecified atom stereocenters. The number of hydrogen-bond acceptors (Lipinski definition) is 6. The number of furan rings is 1. The SMILES string of the molecule is CCCCCN1C(=O)C(O)=C(C(=O)c2cc3cc(Cl)cc(OC)c3o2)C1c1ccc(N(C)C)cc1. The van der Waals surface area contributed by atoms with Gasteiger partial charge >= 0.3 is 0 Å². The molecule has 1 amide bonds. The molecular formula is C27H29ClN2O5. The highest BCUT2D eigenvalue weighted by Crippen LogP contribution is 2.41. The largest absolute Gasteiger partial charge is 0.503 e. The van der Waals surface area contributed by atoms with Crippen LogP contribution in [0, 0.1) is 0 Å². The van der Waals surface area contributed by atoms with Crippen molar-refractivity contribution in [2.24, 2.45) is 0 Å². The lowest BCUT2D eigenvalue weighted by Gasteiger charge is -2.27. The zero-order chi connectivity index (χ0) is 25.3. The summed E-state index contributed by atoms with van der Waals surface area (Å²) in [6.07, 6.45) is 2.69. The first-order valence-electron chi connectivity index (χ1n) is 11.6. The fourth-order valence-corrected chi connectivity index (χ4v) is 4.65. The molecule has 0 aliphatic carbocycles. The van der Waals surface area contributed by atoms with Crippen molar-refractivity contribution in [3.05, 3.63) is 70.1 Å². The van der Waals surface area contributed by atoms with E-state index in [1.807, 2.05) is 43.3 Å². The normalized spacial score (nSPS) is 15.9. The number of ketones is 1. The van der Waals surface area contributed by atoms with Gasteiger partial charge in [-0.1, -0.05) is 43.5 Å². The highest BCUT2D eigenvalue weighted by atomic mass is 35.5. The van der Waals surface area contributed by atoms with Crippen LogP contribution in [0.15, 0.2) is 58.2 Å². The second-order valence-corrected chi connectivity index (χ2v) is 9.26. The van der Waals surface area contributed by atoms with Gasteiger partial charge in [0.1, 0.15) is 0 Å². The molecule has 7 nitrogen and oxygen atoms in total. The number of anilines is 1. The fraction of sp³-hybridized carbons (Fsp3) is 0.333. The number of carbonyl (C=O) groups is 2. The summed E-state index contributed by atoms with van der Waals surface area (Å²) in [7, 11) is 5.36. The molecular weight excluding hydrogens is 468 g/mol. The minimum Gasteiger partial charge on any atom is -0.503 e. The minimum absolute atomic E-state index is 0.000219. The average molecular weight is 497 g/mol. The van der Waals surface area contributed by atoms with Crippen LogP contribution < -0.4 is 9.64 Å². The van der Waals surface area contributed by atoms with E-state index in [0.717, 1.165) is 30.5 Å². The molecule has 1 aromatic heterocycles. The van der Waals surface area contributed by atoms with Crippen LogP contribution in [0.25, 0.3) is 11.0 Å². The Morgan fingerprint density at radius 1 is 1.17 bits per heavy atom. The van der Waals surface area contributed by atoms with Crippen LogP contribution in [-0.4, -0.2) is 49.4 Å². The fourth-order valence-electron chi connectivity index (χ4n) is 4.43. The number of nitrogens with zero attached hydrogens (tertiary/aromatic N) is 2. The Kier molecular flexibility index (Phi) is 7.08. The first kappa shape index (κ1) is 24.7. The maximum atomic E-state index is 13.7. The van der Waals surface area contributed by atoms with Crippen LogP contribution in [0.1, 0.15) is 48.3 Å². The van der Waals surface area contributed by atoms with E-state index < -0.39 is 23.5 Å². The molecule has 3 aromatic rings. The Labute approximate surface area is 209 Å². The maximum absolute atomic E-state index is 13.7. The van der Waals surface area contributed by atoms with Gasteiger partial charge in [0.2, 0.25) is 5.78 Å². The van der Waals surface area contributed by atoms with Gasteiger partial charge in [0.25, 0.3) is 5.91 Å². The number of hydrogen-bond donors (Lipinski definition) is 1. The lowest BCUT2D eigenvalue weighted by Crippen LogP contribution is -2.32. The molecule has 0 bridgehead atoms. The summed E-state index contributed by atoms with van der Waals surface area (Å²) < 4.78 is 11.2. The van der Waals surface area contributed by atoms with Gasteiger partial charge in [-0.25, -0.2) is 0 Å². The van der Waals surface area contributed by atoms with Gasteiger partial charge in [-0.05, 0) is 36.2 Å². The van der Waals surface area contributed by atoms with Crippen molar-refractivity contribution in [1.29, 1.82) is 0 Å². The lowest BCUT2D eigenvalue weighted by molar-refractivity contribution is -0.129. The smallest absolute Gasteiger partial charge is 0.290 e. The Balaban J connectivity index is 1.78. The highest BCUT2D eigenvalue weighted by Gasteiger charge is 2.44. The average Bonchev–Trinajstić information content (AvgIpc) is 3.38. The number of benzene rings is 2. The molecule has 1 aliphatic heterocycles. The van der Waals surface area contributed by atoms with Crippen LogP contribution in [-0.2, 0) is 4.79 Å². The van der Waals surface area contributed by atoms with Crippen LogP contribution in [0.2, 0.25) is 5.02 Å². The Morgan fingerprint density at radius 2 is 1.89 bits per heavy atom.